The monoisotopic (exact) mass is 929 g/mol. The standard InChI is InChI=1S/C35H58O9.C13H12F2N6O/c1-19(2)32-24(7)27(36)18-35(40,44-32)26(9)31(38)25(8)33-28(41-10)14-12-13-20(3)15-22(5)30(37)23(6)16-21(4)17-29(42-11)34(39)43-33;14-10-1-2-11(12(15)3-10)13(22,4-20-8-16-6-18-20)5-21-9-17-7-19-21/h12-14,16-17,19,22-28,30-33,36-38,40H,15,18H2,1-11H3;1-3,6-9,22H,4-5H2/b14-12+,20-13+,21-16+,29-17-;/t22-,23+,24-,25-,26-,27+,28-,30-,31+,32+,33+,35+;/m0./s1. The fourth-order valence-electron chi connectivity index (χ4n) is 8.79. The Labute approximate surface area is 386 Å². The van der Waals surface area contributed by atoms with Crippen molar-refractivity contribution in [2.45, 2.75) is 136 Å². The summed E-state index contributed by atoms with van der Waals surface area (Å²) < 4.78 is 53.3. The van der Waals surface area contributed by atoms with Crippen LogP contribution in [0.25, 0.3) is 0 Å². The lowest BCUT2D eigenvalue weighted by Gasteiger charge is -2.49. The smallest absolute Gasteiger partial charge is 0.373 e. The number of benzene rings is 1. The number of cyclic esters (lactones) is 1. The van der Waals surface area contributed by atoms with Gasteiger partial charge in [-0.15, -0.1) is 0 Å². The molecule has 66 heavy (non-hydrogen) atoms. The maximum absolute atomic E-state index is 14.1. The Hall–Kier alpha value is -4.69. The van der Waals surface area contributed by atoms with Crippen molar-refractivity contribution in [2.24, 2.45) is 35.5 Å². The molecular weight excluding hydrogens is 859 g/mol. The molecule has 3 aromatic rings. The van der Waals surface area contributed by atoms with Gasteiger partial charge in [-0.25, -0.2) is 32.9 Å². The quantitative estimate of drug-likeness (QED) is 0.143. The minimum atomic E-state index is -1.80. The Morgan fingerprint density at radius 1 is 0.985 bits per heavy atom. The molecule has 0 bridgehead atoms. The van der Waals surface area contributed by atoms with Crippen LogP contribution in [0.1, 0.15) is 80.7 Å². The number of carbonyl (C=O) groups is 1. The average molecular weight is 929 g/mol. The number of hydrogen-bond donors (Lipinski definition) is 5. The molecule has 12 atom stereocenters. The predicted molar refractivity (Wildman–Crippen MR) is 240 cm³/mol. The lowest BCUT2D eigenvalue weighted by atomic mass is 9.76. The van der Waals surface area contributed by atoms with Crippen LogP contribution < -0.4 is 0 Å². The van der Waals surface area contributed by atoms with Gasteiger partial charge in [0.2, 0.25) is 5.76 Å². The van der Waals surface area contributed by atoms with Crippen molar-refractivity contribution >= 4 is 5.97 Å². The van der Waals surface area contributed by atoms with Crippen LogP contribution in [0.15, 0.2) is 90.8 Å². The highest BCUT2D eigenvalue weighted by Crippen LogP contribution is 2.41. The van der Waals surface area contributed by atoms with Crippen molar-refractivity contribution < 1.29 is 58.1 Å². The number of rotatable bonds is 12. The van der Waals surface area contributed by atoms with Crippen LogP contribution in [-0.4, -0.2) is 118 Å². The third-order valence-corrected chi connectivity index (χ3v) is 12.7. The second-order valence-electron chi connectivity index (χ2n) is 18.4. The van der Waals surface area contributed by atoms with Crippen LogP contribution in [-0.2, 0) is 42.4 Å². The molecule has 2 aliphatic rings. The van der Waals surface area contributed by atoms with Gasteiger partial charge in [0.05, 0.1) is 44.6 Å². The fourth-order valence-corrected chi connectivity index (χ4v) is 8.79. The van der Waals surface area contributed by atoms with Crippen molar-refractivity contribution in [2.75, 3.05) is 14.2 Å². The van der Waals surface area contributed by atoms with Gasteiger partial charge in [0, 0.05) is 48.8 Å². The number of aromatic nitrogens is 6. The first-order valence-corrected chi connectivity index (χ1v) is 22.3. The minimum absolute atomic E-state index is 0.00492. The number of hydrogen-bond acceptors (Lipinski definition) is 14. The molecule has 4 heterocycles. The SMILES string of the molecule is CO/C1=C\C(C)=C\[C@@H](C)[C@@H](O)[C@@H](C)C/C(C)=C/C=C/[C@H](OC)[C@@H]([C@@H](C)[C@@H](O)[C@H](C)[C@@]2(O)C[C@@H](O)[C@H](C)[C@@H](C(C)C)O2)OC1=O.OC(Cn1cncn1)(Cn1cncn1)c1ccc(F)cc1F. The summed E-state index contributed by atoms with van der Waals surface area (Å²) in [6.07, 6.45) is 10.3. The van der Waals surface area contributed by atoms with Crippen molar-refractivity contribution in [1.29, 1.82) is 0 Å². The van der Waals surface area contributed by atoms with E-state index in [-0.39, 0.29) is 54.5 Å². The topological polar surface area (TPSA) is 217 Å². The third-order valence-electron chi connectivity index (χ3n) is 12.7. The van der Waals surface area contributed by atoms with Crippen LogP contribution in [0.3, 0.4) is 0 Å². The van der Waals surface area contributed by atoms with E-state index in [1.807, 2.05) is 66.7 Å². The lowest BCUT2D eigenvalue weighted by molar-refractivity contribution is -0.328. The Balaban J connectivity index is 0.000000358. The zero-order valence-electron chi connectivity index (χ0n) is 39.9. The van der Waals surface area contributed by atoms with E-state index >= 15 is 0 Å². The largest absolute Gasteiger partial charge is 0.490 e. The van der Waals surface area contributed by atoms with E-state index in [1.54, 1.807) is 26.0 Å². The molecule has 2 aromatic heterocycles. The van der Waals surface area contributed by atoms with Gasteiger partial charge < -0.3 is 44.5 Å². The predicted octanol–water partition coefficient (Wildman–Crippen LogP) is 5.43. The molecule has 5 N–H and O–H groups in total. The summed E-state index contributed by atoms with van der Waals surface area (Å²) in [6, 6.07) is 3.02. The normalized spacial score (nSPS) is 31.4. The number of halogens is 2. The number of methoxy groups -OCH3 is 2. The number of aliphatic hydroxyl groups is 5. The van der Waals surface area contributed by atoms with E-state index in [0.29, 0.717) is 6.42 Å². The molecule has 0 radical (unpaired) electrons. The highest BCUT2D eigenvalue weighted by molar-refractivity contribution is 5.87. The number of allylic oxidation sites excluding steroid dienone is 5. The molecule has 366 valence electrons. The molecule has 16 nitrogen and oxygen atoms in total. The molecule has 1 aromatic carbocycles. The number of carbonyl (C=O) groups excluding carboxylic acids is 1. The molecule has 0 spiro atoms. The third kappa shape index (κ3) is 13.9. The Morgan fingerprint density at radius 3 is 2.14 bits per heavy atom. The van der Waals surface area contributed by atoms with Gasteiger partial charge in [0.15, 0.2) is 5.79 Å². The van der Waals surface area contributed by atoms with Crippen LogP contribution in [0.4, 0.5) is 8.78 Å². The maximum Gasteiger partial charge on any atom is 0.373 e. The summed E-state index contributed by atoms with van der Waals surface area (Å²) in [6.45, 7) is 16.8. The van der Waals surface area contributed by atoms with E-state index in [1.165, 1.54) is 55.0 Å². The molecule has 18 heteroatoms. The van der Waals surface area contributed by atoms with E-state index < -0.39 is 77.5 Å². The van der Waals surface area contributed by atoms with Gasteiger partial charge >= 0.3 is 5.97 Å². The van der Waals surface area contributed by atoms with Gasteiger partial charge in [0.1, 0.15) is 54.8 Å². The van der Waals surface area contributed by atoms with Crippen molar-refractivity contribution in [3.63, 3.8) is 0 Å². The van der Waals surface area contributed by atoms with Gasteiger partial charge in [-0.3, -0.25) is 0 Å². The lowest BCUT2D eigenvalue weighted by Crippen LogP contribution is -2.59. The molecule has 0 saturated carbocycles. The first kappa shape index (κ1) is 53.9. The van der Waals surface area contributed by atoms with E-state index in [0.717, 1.165) is 23.3 Å². The molecule has 5 rings (SSSR count). The van der Waals surface area contributed by atoms with Crippen LogP contribution >= 0.6 is 0 Å². The summed E-state index contributed by atoms with van der Waals surface area (Å²) in [5, 5.41) is 63.8. The molecule has 1 saturated heterocycles. The summed E-state index contributed by atoms with van der Waals surface area (Å²) in [7, 11) is 2.87. The molecular formula is C48H70F2N6O10. The van der Waals surface area contributed by atoms with Crippen LogP contribution in [0.2, 0.25) is 0 Å². The second kappa shape index (κ2) is 23.9. The molecule has 1 fully saturated rings. The van der Waals surface area contributed by atoms with Crippen molar-refractivity contribution in [3.05, 3.63) is 108 Å². The van der Waals surface area contributed by atoms with Gasteiger partial charge in [-0.05, 0) is 44.2 Å². The highest BCUT2D eigenvalue weighted by Gasteiger charge is 2.51. The second-order valence-corrected chi connectivity index (χ2v) is 18.4. The molecule has 0 unspecified atom stereocenters. The van der Waals surface area contributed by atoms with E-state index in [9.17, 15) is 39.1 Å². The minimum Gasteiger partial charge on any atom is -0.490 e. The fraction of sp³-hybridized carbons (Fsp3) is 0.604. The Bertz CT molecular complexity index is 2080. The van der Waals surface area contributed by atoms with Crippen molar-refractivity contribution in [1.82, 2.24) is 29.5 Å². The number of esters is 1. The first-order chi connectivity index (χ1) is 31.0. The zero-order chi connectivity index (χ0) is 49.1. The molecule has 0 aliphatic carbocycles. The van der Waals surface area contributed by atoms with Gasteiger partial charge in [-0.1, -0.05) is 90.0 Å². The summed E-state index contributed by atoms with van der Waals surface area (Å²) in [5.74, 6) is -6.05. The van der Waals surface area contributed by atoms with Gasteiger partial charge in [-0.2, -0.15) is 10.2 Å². The summed E-state index contributed by atoms with van der Waals surface area (Å²) >= 11 is 0. The Kier molecular flexibility index (Phi) is 19.5. The van der Waals surface area contributed by atoms with E-state index in [2.05, 4.69) is 20.2 Å². The van der Waals surface area contributed by atoms with Crippen LogP contribution in [0.5, 0.6) is 0 Å². The number of nitrogens with zero attached hydrogens (tertiary/aromatic N) is 6. The maximum atomic E-state index is 14.1. The number of ether oxygens (including phenoxy) is 4. The molecule has 0 amide bonds. The van der Waals surface area contributed by atoms with Crippen LogP contribution in [0, 0.1) is 47.1 Å². The number of aliphatic hydroxyl groups excluding tert-OH is 3. The summed E-state index contributed by atoms with van der Waals surface area (Å²) in [5.41, 5.74) is 0.0326. The molecule has 2 aliphatic heterocycles. The average Bonchev–Trinajstić information content (AvgIpc) is 3.98. The van der Waals surface area contributed by atoms with Gasteiger partial charge in [0.25, 0.3) is 0 Å². The zero-order valence-corrected chi connectivity index (χ0v) is 39.9. The van der Waals surface area contributed by atoms with E-state index in [4.69, 9.17) is 18.9 Å². The Morgan fingerprint density at radius 2 is 1.61 bits per heavy atom. The summed E-state index contributed by atoms with van der Waals surface area (Å²) in [4.78, 5) is 21.1. The van der Waals surface area contributed by atoms with Crippen molar-refractivity contribution in [3.8, 4) is 0 Å². The first-order valence-electron chi connectivity index (χ1n) is 22.3. The highest BCUT2D eigenvalue weighted by atomic mass is 19.1.